The average Bonchev–Trinajstić information content (AvgIpc) is 2.59. The Labute approximate surface area is 90.1 Å². The van der Waals surface area contributed by atoms with Crippen molar-refractivity contribution >= 4 is 5.65 Å². The molecule has 15 heavy (non-hydrogen) atoms. The van der Waals surface area contributed by atoms with Gasteiger partial charge in [-0.3, -0.25) is 4.40 Å². The molecular weight excluding hydrogens is 186 g/mol. The van der Waals surface area contributed by atoms with Crippen LogP contribution < -0.4 is 0 Å². The summed E-state index contributed by atoms with van der Waals surface area (Å²) >= 11 is 0. The van der Waals surface area contributed by atoms with Crippen LogP contribution in [0.1, 0.15) is 50.9 Å². The second-order valence-electron chi connectivity index (χ2n) is 4.56. The molecule has 0 aliphatic rings. The third-order valence-corrected chi connectivity index (χ3v) is 2.63. The fraction of sp³-hybridized carbons (Fsp3) is 0.500. The van der Waals surface area contributed by atoms with E-state index in [-0.39, 0.29) is 0 Å². The molecule has 2 heterocycles. The fourth-order valence-corrected chi connectivity index (χ4v) is 1.66. The van der Waals surface area contributed by atoms with Gasteiger partial charge in [-0.25, -0.2) is 0 Å². The summed E-state index contributed by atoms with van der Waals surface area (Å²) in [5, 5.41) is 8.36. The Balaban J connectivity index is 2.61. The van der Waals surface area contributed by atoms with Crippen molar-refractivity contribution < 1.29 is 0 Å². The van der Waals surface area contributed by atoms with E-state index in [0.717, 1.165) is 11.5 Å². The van der Waals surface area contributed by atoms with Crippen LogP contribution in [0.5, 0.6) is 0 Å². The summed E-state index contributed by atoms with van der Waals surface area (Å²) in [6, 6.07) is 4.16. The second-order valence-corrected chi connectivity index (χ2v) is 4.56. The highest BCUT2D eigenvalue weighted by Gasteiger charge is 2.10. The van der Waals surface area contributed by atoms with Crippen molar-refractivity contribution in [3.8, 4) is 0 Å². The van der Waals surface area contributed by atoms with Gasteiger partial charge in [0.05, 0.1) is 0 Å². The Bertz CT molecular complexity index is 469. The highest BCUT2D eigenvalue weighted by Crippen LogP contribution is 2.18. The summed E-state index contributed by atoms with van der Waals surface area (Å²) in [6.45, 7) is 8.66. The van der Waals surface area contributed by atoms with Crippen LogP contribution in [0, 0.1) is 0 Å². The minimum Gasteiger partial charge on any atom is -0.286 e. The van der Waals surface area contributed by atoms with Crippen LogP contribution in [-0.2, 0) is 0 Å². The first-order valence-corrected chi connectivity index (χ1v) is 5.44. The van der Waals surface area contributed by atoms with Crippen LogP contribution in [0.25, 0.3) is 5.65 Å². The van der Waals surface area contributed by atoms with Gasteiger partial charge in [0.2, 0.25) is 0 Å². The molecule has 0 saturated heterocycles. The van der Waals surface area contributed by atoms with E-state index in [1.165, 1.54) is 5.56 Å². The second kappa shape index (κ2) is 3.65. The number of hydrogen-bond acceptors (Lipinski definition) is 2. The van der Waals surface area contributed by atoms with E-state index < -0.39 is 0 Å². The highest BCUT2D eigenvalue weighted by molar-refractivity contribution is 5.40. The lowest BCUT2D eigenvalue weighted by Crippen LogP contribution is -1.99. The van der Waals surface area contributed by atoms with Crippen LogP contribution in [0.4, 0.5) is 0 Å². The number of nitrogens with zero attached hydrogens (tertiary/aromatic N) is 3. The zero-order valence-corrected chi connectivity index (χ0v) is 9.73. The molecule has 0 saturated carbocycles. The van der Waals surface area contributed by atoms with Crippen LogP contribution in [0.15, 0.2) is 18.3 Å². The predicted molar refractivity (Wildman–Crippen MR) is 61.2 cm³/mol. The lowest BCUT2D eigenvalue weighted by molar-refractivity contribution is 0.753. The molecule has 0 fully saturated rings. The van der Waals surface area contributed by atoms with Gasteiger partial charge in [-0.15, -0.1) is 10.2 Å². The molecule has 3 heteroatoms. The minimum absolute atomic E-state index is 0.405. The van der Waals surface area contributed by atoms with Gasteiger partial charge >= 0.3 is 0 Å². The number of hydrogen-bond donors (Lipinski definition) is 0. The molecule has 80 valence electrons. The molecule has 0 spiro atoms. The van der Waals surface area contributed by atoms with Crippen molar-refractivity contribution in [2.75, 3.05) is 0 Å². The van der Waals surface area contributed by atoms with Crippen LogP contribution in [0.2, 0.25) is 0 Å². The molecular formula is C12H17N3. The lowest BCUT2D eigenvalue weighted by Gasteiger charge is -2.07. The maximum atomic E-state index is 4.21. The molecule has 2 rings (SSSR count). The Kier molecular flexibility index (Phi) is 2.47. The van der Waals surface area contributed by atoms with E-state index >= 15 is 0 Å². The predicted octanol–water partition coefficient (Wildman–Crippen LogP) is 2.98. The molecule has 2 aromatic heterocycles. The Morgan fingerprint density at radius 1 is 1.00 bits per heavy atom. The highest BCUT2D eigenvalue weighted by atomic mass is 15.2. The van der Waals surface area contributed by atoms with Gasteiger partial charge in [-0.05, 0) is 17.5 Å². The maximum absolute atomic E-state index is 4.21. The summed E-state index contributed by atoms with van der Waals surface area (Å²) in [5.41, 5.74) is 2.26. The summed E-state index contributed by atoms with van der Waals surface area (Å²) in [5.74, 6) is 1.98. The smallest absolute Gasteiger partial charge is 0.160 e. The number of pyridine rings is 1. The first-order valence-electron chi connectivity index (χ1n) is 5.44. The van der Waals surface area contributed by atoms with E-state index in [4.69, 9.17) is 0 Å². The minimum atomic E-state index is 0.405. The summed E-state index contributed by atoms with van der Waals surface area (Å²) in [4.78, 5) is 0. The molecule has 0 aliphatic carbocycles. The molecule has 0 N–H and O–H groups in total. The lowest BCUT2D eigenvalue weighted by atomic mass is 10.1. The largest absolute Gasteiger partial charge is 0.286 e. The average molecular weight is 203 g/mol. The summed E-state index contributed by atoms with van der Waals surface area (Å²) in [7, 11) is 0. The van der Waals surface area contributed by atoms with Crippen LogP contribution >= 0.6 is 0 Å². The molecule has 0 aliphatic heterocycles. The molecule has 0 atom stereocenters. The Hall–Kier alpha value is -1.38. The van der Waals surface area contributed by atoms with Crippen molar-refractivity contribution in [2.45, 2.75) is 39.5 Å². The SMILES string of the molecule is CC(C)c1ccc2nnc(C(C)C)n2c1. The normalized spacial score (nSPS) is 11.9. The summed E-state index contributed by atoms with van der Waals surface area (Å²) in [6.07, 6.45) is 2.15. The van der Waals surface area contributed by atoms with Crippen molar-refractivity contribution in [3.05, 3.63) is 29.7 Å². The standard InChI is InChI=1S/C12H17N3/c1-8(2)10-5-6-11-13-14-12(9(3)4)15(11)7-10/h5-9H,1-4H3. The van der Waals surface area contributed by atoms with E-state index in [9.17, 15) is 0 Å². The molecule has 0 amide bonds. The molecule has 0 bridgehead atoms. The van der Waals surface area contributed by atoms with Gasteiger partial charge in [0.25, 0.3) is 0 Å². The van der Waals surface area contributed by atoms with E-state index in [0.29, 0.717) is 11.8 Å². The topological polar surface area (TPSA) is 30.2 Å². The van der Waals surface area contributed by atoms with E-state index in [1.54, 1.807) is 0 Å². The molecule has 3 nitrogen and oxygen atoms in total. The van der Waals surface area contributed by atoms with Gasteiger partial charge in [0.1, 0.15) is 5.82 Å². The monoisotopic (exact) mass is 203 g/mol. The van der Waals surface area contributed by atoms with Gasteiger partial charge in [0.15, 0.2) is 5.65 Å². The third kappa shape index (κ3) is 1.74. The van der Waals surface area contributed by atoms with Gasteiger partial charge < -0.3 is 0 Å². The van der Waals surface area contributed by atoms with Gasteiger partial charge in [0, 0.05) is 12.1 Å². The molecule has 0 aromatic carbocycles. The van der Waals surface area contributed by atoms with Crippen molar-refractivity contribution in [2.24, 2.45) is 0 Å². The summed E-state index contributed by atoms with van der Waals surface area (Å²) < 4.78 is 2.10. The van der Waals surface area contributed by atoms with E-state index in [1.807, 2.05) is 6.07 Å². The quantitative estimate of drug-likeness (QED) is 0.751. The first-order chi connectivity index (χ1) is 7.09. The first kappa shape index (κ1) is 10.1. The van der Waals surface area contributed by atoms with E-state index in [2.05, 4.69) is 54.6 Å². The zero-order chi connectivity index (χ0) is 11.0. The Morgan fingerprint density at radius 3 is 2.33 bits per heavy atom. The maximum Gasteiger partial charge on any atom is 0.160 e. The fourth-order valence-electron chi connectivity index (χ4n) is 1.66. The number of fused-ring (bicyclic) bond motifs is 1. The molecule has 0 radical (unpaired) electrons. The number of aromatic nitrogens is 3. The van der Waals surface area contributed by atoms with Crippen molar-refractivity contribution in [1.29, 1.82) is 0 Å². The van der Waals surface area contributed by atoms with Crippen LogP contribution in [0.3, 0.4) is 0 Å². The molecule has 2 aromatic rings. The zero-order valence-electron chi connectivity index (χ0n) is 9.73. The number of rotatable bonds is 2. The third-order valence-electron chi connectivity index (χ3n) is 2.63. The van der Waals surface area contributed by atoms with Crippen molar-refractivity contribution in [3.63, 3.8) is 0 Å². The van der Waals surface area contributed by atoms with Gasteiger partial charge in [-0.1, -0.05) is 33.8 Å². The van der Waals surface area contributed by atoms with Crippen molar-refractivity contribution in [1.82, 2.24) is 14.6 Å². The Morgan fingerprint density at radius 2 is 1.73 bits per heavy atom. The molecule has 0 unspecified atom stereocenters. The van der Waals surface area contributed by atoms with Crippen LogP contribution in [-0.4, -0.2) is 14.6 Å². The van der Waals surface area contributed by atoms with Gasteiger partial charge in [-0.2, -0.15) is 0 Å².